The Bertz CT molecular complexity index is 397. The standard InChI is InChI=1S/C13H19ClN2O2/c14-11-4-5-12(10(9-11)6-7-15)18-8-2-1-3-13(16)17/h4-5,9H,1-3,6-8,15H2,(H2,16,17). The number of unbranched alkanes of at least 4 members (excludes halogenated alkanes) is 1. The molecule has 0 fully saturated rings. The van der Waals surface area contributed by atoms with Gasteiger partial charge in [-0.3, -0.25) is 4.79 Å². The van der Waals surface area contributed by atoms with Crippen molar-refractivity contribution < 1.29 is 9.53 Å². The van der Waals surface area contributed by atoms with E-state index in [0.29, 0.717) is 24.6 Å². The molecule has 0 unspecified atom stereocenters. The maximum atomic E-state index is 10.6. The van der Waals surface area contributed by atoms with Crippen molar-refractivity contribution in [1.82, 2.24) is 0 Å². The van der Waals surface area contributed by atoms with Gasteiger partial charge in [-0.15, -0.1) is 0 Å². The van der Waals surface area contributed by atoms with Crippen LogP contribution in [-0.4, -0.2) is 19.1 Å². The normalized spacial score (nSPS) is 10.3. The van der Waals surface area contributed by atoms with E-state index in [4.69, 9.17) is 27.8 Å². The first kappa shape index (κ1) is 14.8. The number of amides is 1. The highest BCUT2D eigenvalue weighted by atomic mass is 35.5. The summed E-state index contributed by atoms with van der Waals surface area (Å²) < 4.78 is 5.66. The van der Waals surface area contributed by atoms with Crippen LogP contribution in [0.15, 0.2) is 18.2 Å². The van der Waals surface area contributed by atoms with Crippen LogP contribution in [0.4, 0.5) is 0 Å². The number of carbonyl (C=O) groups is 1. The Morgan fingerprint density at radius 3 is 2.78 bits per heavy atom. The zero-order chi connectivity index (χ0) is 13.4. The molecule has 0 aliphatic rings. The number of hydrogen-bond donors (Lipinski definition) is 2. The van der Waals surface area contributed by atoms with Crippen LogP contribution in [0.1, 0.15) is 24.8 Å². The highest BCUT2D eigenvalue weighted by Gasteiger charge is 2.04. The second-order valence-corrected chi connectivity index (χ2v) is 4.50. The molecule has 5 heteroatoms. The minimum Gasteiger partial charge on any atom is -0.493 e. The van der Waals surface area contributed by atoms with Gasteiger partial charge in [0.1, 0.15) is 5.75 Å². The smallest absolute Gasteiger partial charge is 0.217 e. The zero-order valence-electron chi connectivity index (χ0n) is 10.3. The minimum absolute atomic E-state index is 0.273. The molecular weight excluding hydrogens is 252 g/mol. The molecule has 1 amide bonds. The minimum atomic E-state index is -0.273. The lowest BCUT2D eigenvalue weighted by molar-refractivity contribution is -0.118. The summed E-state index contributed by atoms with van der Waals surface area (Å²) in [6.45, 7) is 1.12. The first-order valence-corrected chi connectivity index (χ1v) is 6.41. The predicted molar refractivity (Wildman–Crippen MR) is 72.8 cm³/mol. The average Bonchev–Trinajstić information content (AvgIpc) is 2.31. The molecule has 0 atom stereocenters. The number of rotatable bonds is 8. The molecule has 0 heterocycles. The quantitative estimate of drug-likeness (QED) is 0.708. The van der Waals surface area contributed by atoms with Gasteiger partial charge in [0.05, 0.1) is 6.61 Å². The number of primary amides is 1. The molecule has 0 saturated heterocycles. The number of hydrogen-bond acceptors (Lipinski definition) is 3. The summed E-state index contributed by atoms with van der Waals surface area (Å²) in [7, 11) is 0. The summed E-state index contributed by atoms with van der Waals surface area (Å²) in [5.41, 5.74) is 11.6. The van der Waals surface area contributed by atoms with Crippen LogP contribution >= 0.6 is 11.6 Å². The van der Waals surface area contributed by atoms with Crippen LogP contribution in [0.25, 0.3) is 0 Å². The second-order valence-electron chi connectivity index (χ2n) is 4.06. The Kier molecular flexibility index (Phi) is 6.54. The summed E-state index contributed by atoms with van der Waals surface area (Å²) in [5, 5.41) is 0.680. The summed E-state index contributed by atoms with van der Waals surface area (Å²) in [5.74, 6) is 0.536. The first-order chi connectivity index (χ1) is 8.63. The number of halogens is 1. The lowest BCUT2D eigenvalue weighted by Gasteiger charge is -2.11. The van der Waals surface area contributed by atoms with Gasteiger partial charge in [0.2, 0.25) is 5.91 Å². The topological polar surface area (TPSA) is 78.3 Å². The summed E-state index contributed by atoms with van der Waals surface area (Å²) in [6, 6.07) is 5.51. The Labute approximate surface area is 112 Å². The molecule has 1 rings (SSSR count). The van der Waals surface area contributed by atoms with Crippen LogP contribution in [0, 0.1) is 0 Å². The van der Waals surface area contributed by atoms with Crippen molar-refractivity contribution in [3.05, 3.63) is 28.8 Å². The molecule has 0 bridgehead atoms. The Morgan fingerprint density at radius 1 is 1.33 bits per heavy atom. The van der Waals surface area contributed by atoms with Gasteiger partial charge in [0.15, 0.2) is 0 Å². The molecule has 4 nitrogen and oxygen atoms in total. The molecule has 4 N–H and O–H groups in total. The lowest BCUT2D eigenvalue weighted by Crippen LogP contribution is -2.10. The van der Waals surface area contributed by atoms with Crippen LogP contribution < -0.4 is 16.2 Å². The van der Waals surface area contributed by atoms with E-state index in [1.807, 2.05) is 12.1 Å². The molecule has 0 aliphatic carbocycles. The Balaban J connectivity index is 2.43. The predicted octanol–water partition coefficient (Wildman–Crippen LogP) is 1.88. The van der Waals surface area contributed by atoms with Crippen molar-refractivity contribution in [2.75, 3.05) is 13.2 Å². The number of nitrogens with two attached hydrogens (primary N) is 2. The van der Waals surface area contributed by atoms with Gasteiger partial charge in [0.25, 0.3) is 0 Å². The summed E-state index contributed by atoms with van der Waals surface area (Å²) in [4.78, 5) is 10.6. The van der Waals surface area contributed by atoms with Gasteiger partial charge < -0.3 is 16.2 Å². The third kappa shape index (κ3) is 5.38. The molecule has 1 aromatic rings. The average molecular weight is 271 g/mol. The van der Waals surface area contributed by atoms with Gasteiger partial charge in [0, 0.05) is 11.4 Å². The van der Waals surface area contributed by atoms with E-state index in [1.165, 1.54) is 0 Å². The van der Waals surface area contributed by atoms with E-state index < -0.39 is 0 Å². The molecular formula is C13H19ClN2O2. The van der Waals surface area contributed by atoms with Crippen LogP contribution in [0.2, 0.25) is 5.02 Å². The van der Waals surface area contributed by atoms with Crippen molar-refractivity contribution in [3.8, 4) is 5.75 Å². The van der Waals surface area contributed by atoms with E-state index in [2.05, 4.69) is 0 Å². The van der Waals surface area contributed by atoms with Gasteiger partial charge in [-0.05, 0) is 49.6 Å². The van der Waals surface area contributed by atoms with E-state index in [0.717, 1.165) is 30.6 Å². The van der Waals surface area contributed by atoms with Crippen molar-refractivity contribution in [2.24, 2.45) is 11.5 Å². The van der Waals surface area contributed by atoms with Crippen molar-refractivity contribution in [1.29, 1.82) is 0 Å². The molecule has 0 radical (unpaired) electrons. The largest absolute Gasteiger partial charge is 0.493 e. The molecule has 0 aliphatic heterocycles. The second kappa shape index (κ2) is 7.95. The Morgan fingerprint density at radius 2 is 2.11 bits per heavy atom. The van der Waals surface area contributed by atoms with Crippen LogP contribution in [0.3, 0.4) is 0 Å². The lowest BCUT2D eigenvalue weighted by atomic mass is 10.1. The number of benzene rings is 1. The molecule has 0 aromatic heterocycles. The maximum Gasteiger partial charge on any atom is 0.217 e. The fourth-order valence-corrected chi connectivity index (χ4v) is 1.82. The number of ether oxygens (including phenoxy) is 1. The monoisotopic (exact) mass is 270 g/mol. The molecule has 1 aromatic carbocycles. The molecule has 18 heavy (non-hydrogen) atoms. The SMILES string of the molecule is NCCc1cc(Cl)ccc1OCCCCC(N)=O. The van der Waals surface area contributed by atoms with E-state index in [-0.39, 0.29) is 5.91 Å². The summed E-state index contributed by atoms with van der Waals surface area (Å²) in [6.07, 6.45) is 2.68. The van der Waals surface area contributed by atoms with Gasteiger partial charge >= 0.3 is 0 Å². The molecule has 100 valence electrons. The first-order valence-electron chi connectivity index (χ1n) is 6.03. The molecule has 0 saturated carbocycles. The van der Waals surface area contributed by atoms with Crippen molar-refractivity contribution in [2.45, 2.75) is 25.7 Å². The fourth-order valence-electron chi connectivity index (χ4n) is 1.62. The third-order valence-electron chi connectivity index (χ3n) is 2.51. The highest BCUT2D eigenvalue weighted by molar-refractivity contribution is 6.30. The van der Waals surface area contributed by atoms with Crippen molar-refractivity contribution >= 4 is 17.5 Å². The Hall–Kier alpha value is -1.26. The maximum absolute atomic E-state index is 10.6. The van der Waals surface area contributed by atoms with Gasteiger partial charge in [-0.25, -0.2) is 0 Å². The van der Waals surface area contributed by atoms with E-state index >= 15 is 0 Å². The van der Waals surface area contributed by atoms with Crippen LogP contribution in [-0.2, 0) is 11.2 Å². The fraction of sp³-hybridized carbons (Fsp3) is 0.462. The van der Waals surface area contributed by atoms with Crippen molar-refractivity contribution in [3.63, 3.8) is 0 Å². The van der Waals surface area contributed by atoms with Crippen LogP contribution in [0.5, 0.6) is 5.75 Å². The van der Waals surface area contributed by atoms with E-state index in [9.17, 15) is 4.79 Å². The van der Waals surface area contributed by atoms with Gasteiger partial charge in [-0.2, -0.15) is 0 Å². The molecule has 0 spiro atoms. The number of carbonyl (C=O) groups excluding carboxylic acids is 1. The summed E-state index contributed by atoms with van der Waals surface area (Å²) >= 11 is 5.92. The van der Waals surface area contributed by atoms with E-state index in [1.54, 1.807) is 6.07 Å². The zero-order valence-corrected chi connectivity index (χ0v) is 11.1. The van der Waals surface area contributed by atoms with Gasteiger partial charge in [-0.1, -0.05) is 11.6 Å². The highest BCUT2D eigenvalue weighted by Crippen LogP contribution is 2.23. The third-order valence-corrected chi connectivity index (χ3v) is 2.75.